The van der Waals surface area contributed by atoms with Gasteiger partial charge in [0.15, 0.2) is 5.01 Å². The first kappa shape index (κ1) is 11.9. The molecule has 1 aromatic rings. The van der Waals surface area contributed by atoms with Crippen LogP contribution in [0.3, 0.4) is 0 Å². The van der Waals surface area contributed by atoms with Crippen molar-refractivity contribution in [2.45, 2.75) is 36.7 Å². The summed E-state index contributed by atoms with van der Waals surface area (Å²) in [5.74, 6) is 5.65. The first-order chi connectivity index (χ1) is 7.79. The molecule has 0 unspecified atom stereocenters. The first-order valence-electron chi connectivity index (χ1n) is 5.36. The smallest absolute Gasteiger partial charge is 0.288 e. The fourth-order valence-corrected chi connectivity index (χ4v) is 3.84. The van der Waals surface area contributed by atoms with E-state index in [9.17, 15) is 4.79 Å². The Labute approximate surface area is 103 Å². The van der Waals surface area contributed by atoms with Crippen molar-refractivity contribution in [2.75, 3.05) is 0 Å². The van der Waals surface area contributed by atoms with Crippen molar-refractivity contribution in [1.29, 1.82) is 0 Å². The molecule has 0 aliphatic heterocycles. The van der Waals surface area contributed by atoms with E-state index >= 15 is 0 Å². The number of amides is 1. The Balaban J connectivity index is 1.85. The standard InChI is InChI=1S/C10H15N3OS2/c11-13-9(14)10-12-7(6-16-10)5-15-8-3-1-2-4-8/h6,8H,1-5,11H2,(H,13,14). The zero-order valence-electron chi connectivity index (χ0n) is 8.94. The Morgan fingerprint density at radius 2 is 2.38 bits per heavy atom. The van der Waals surface area contributed by atoms with E-state index in [-0.39, 0.29) is 5.91 Å². The summed E-state index contributed by atoms with van der Waals surface area (Å²) in [5.41, 5.74) is 3.08. The monoisotopic (exact) mass is 257 g/mol. The second kappa shape index (κ2) is 5.65. The second-order valence-corrected chi connectivity index (χ2v) is 5.98. The number of hydrogen-bond acceptors (Lipinski definition) is 5. The zero-order chi connectivity index (χ0) is 11.4. The molecule has 1 fully saturated rings. The molecule has 2 rings (SSSR count). The number of rotatable bonds is 4. The molecule has 1 heterocycles. The summed E-state index contributed by atoms with van der Waals surface area (Å²) >= 11 is 3.30. The number of nitrogens with one attached hydrogen (secondary N) is 1. The Morgan fingerprint density at radius 3 is 3.06 bits per heavy atom. The molecule has 0 aromatic carbocycles. The number of carbonyl (C=O) groups excluding carboxylic acids is 1. The van der Waals surface area contributed by atoms with Gasteiger partial charge in [-0.2, -0.15) is 11.8 Å². The van der Waals surface area contributed by atoms with Gasteiger partial charge in [-0.3, -0.25) is 10.2 Å². The Bertz CT molecular complexity index is 361. The second-order valence-electron chi connectivity index (χ2n) is 3.83. The molecule has 88 valence electrons. The fraction of sp³-hybridized carbons (Fsp3) is 0.600. The summed E-state index contributed by atoms with van der Waals surface area (Å²) in [7, 11) is 0. The minimum atomic E-state index is -0.304. The highest BCUT2D eigenvalue weighted by Gasteiger charge is 2.16. The van der Waals surface area contributed by atoms with E-state index in [1.807, 2.05) is 17.1 Å². The molecule has 0 spiro atoms. The van der Waals surface area contributed by atoms with E-state index in [0.29, 0.717) is 5.01 Å². The number of hydrogen-bond donors (Lipinski definition) is 2. The molecule has 16 heavy (non-hydrogen) atoms. The van der Waals surface area contributed by atoms with Crippen molar-refractivity contribution in [1.82, 2.24) is 10.4 Å². The van der Waals surface area contributed by atoms with Crippen LogP contribution in [0.4, 0.5) is 0 Å². The number of nitrogens with two attached hydrogens (primary N) is 1. The maximum atomic E-state index is 11.2. The summed E-state index contributed by atoms with van der Waals surface area (Å²) in [5, 5.41) is 3.17. The van der Waals surface area contributed by atoms with Crippen LogP contribution in [0.1, 0.15) is 41.2 Å². The van der Waals surface area contributed by atoms with Crippen LogP contribution in [0.15, 0.2) is 5.38 Å². The molecule has 1 amide bonds. The van der Waals surface area contributed by atoms with Crippen molar-refractivity contribution in [3.63, 3.8) is 0 Å². The third kappa shape index (κ3) is 2.96. The molecule has 0 saturated heterocycles. The van der Waals surface area contributed by atoms with Crippen molar-refractivity contribution < 1.29 is 4.79 Å². The van der Waals surface area contributed by atoms with Crippen LogP contribution in [0.25, 0.3) is 0 Å². The van der Waals surface area contributed by atoms with Gasteiger partial charge in [-0.1, -0.05) is 12.8 Å². The third-order valence-corrected chi connectivity index (χ3v) is 4.94. The highest BCUT2D eigenvalue weighted by Crippen LogP contribution is 2.31. The normalized spacial score (nSPS) is 16.6. The van der Waals surface area contributed by atoms with Gasteiger partial charge in [0.2, 0.25) is 0 Å². The topological polar surface area (TPSA) is 68.0 Å². The van der Waals surface area contributed by atoms with E-state index < -0.39 is 0 Å². The molecular weight excluding hydrogens is 242 g/mol. The molecule has 4 nitrogen and oxygen atoms in total. The van der Waals surface area contributed by atoms with Gasteiger partial charge in [-0.25, -0.2) is 10.8 Å². The van der Waals surface area contributed by atoms with Gasteiger partial charge in [-0.15, -0.1) is 11.3 Å². The van der Waals surface area contributed by atoms with E-state index in [4.69, 9.17) is 5.84 Å². The molecule has 0 bridgehead atoms. The van der Waals surface area contributed by atoms with E-state index in [1.54, 1.807) is 0 Å². The molecule has 0 radical (unpaired) electrons. The lowest BCUT2D eigenvalue weighted by Gasteiger charge is -2.05. The van der Waals surface area contributed by atoms with E-state index in [2.05, 4.69) is 10.4 Å². The van der Waals surface area contributed by atoms with Crippen LogP contribution in [-0.2, 0) is 5.75 Å². The minimum Gasteiger partial charge on any atom is -0.288 e. The SMILES string of the molecule is NNC(=O)c1nc(CSC2CCCC2)cs1. The molecule has 1 aromatic heterocycles. The van der Waals surface area contributed by atoms with Gasteiger partial charge < -0.3 is 0 Å². The third-order valence-electron chi connectivity index (χ3n) is 2.65. The fourth-order valence-electron chi connectivity index (χ4n) is 1.80. The molecule has 1 aliphatic carbocycles. The number of carbonyl (C=O) groups is 1. The number of aromatic nitrogens is 1. The number of nitrogens with zero attached hydrogens (tertiary/aromatic N) is 1. The Kier molecular flexibility index (Phi) is 4.20. The molecule has 1 saturated carbocycles. The Morgan fingerprint density at radius 1 is 1.62 bits per heavy atom. The lowest BCUT2D eigenvalue weighted by molar-refractivity contribution is 0.0953. The molecular formula is C10H15N3OS2. The van der Waals surface area contributed by atoms with Gasteiger partial charge in [0.1, 0.15) is 0 Å². The predicted octanol–water partition coefficient (Wildman–Crippen LogP) is 1.92. The number of thiazole rings is 1. The summed E-state index contributed by atoms with van der Waals surface area (Å²) in [6.45, 7) is 0. The summed E-state index contributed by atoms with van der Waals surface area (Å²) in [4.78, 5) is 15.4. The van der Waals surface area contributed by atoms with Gasteiger partial charge in [0, 0.05) is 16.4 Å². The van der Waals surface area contributed by atoms with E-state index in [1.165, 1.54) is 37.0 Å². The highest BCUT2D eigenvalue weighted by atomic mass is 32.2. The summed E-state index contributed by atoms with van der Waals surface area (Å²) in [6.07, 6.45) is 5.36. The van der Waals surface area contributed by atoms with Crippen molar-refractivity contribution in [3.8, 4) is 0 Å². The predicted molar refractivity (Wildman–Crippen MR) is 67.3 cm³/mol. The minimum absolute atomic E-state index is 0.304. The van der Waals surface area contributed by atoms with E-state index in [0.717, 1.165) is 16.7 Å². The van der Waals surface area contributed by atoms with Crippen LogP contribution in [-0.4, -0.2) is 16.1 Å². The quantitative estimate of drug-likeness (QED) is 0.491. The van der Waals surface area contributed by atoms with Gasteiger partial charge >= 0.3 is 0 Å². The van der Waals surface area contributed by atoms with Crippen LogP contribution in [0.5, 0.6) is 0 Å². The first-order valence-corrected chi connectivity index (χ1v) is 7.29. The van der Waals surface area contributed by atoms with Crippen molar-refractivity contribution >= 4 is 29.0 Å². The average molecular weight is 257 g/mol. The molecule has 1 aliphatic rings. The lowest BCUT2D eigenvalue weighted by atomic mass is 10.4. The Hall–Kier alpha value is -0.590. The molecule has 6 heteroatoms. The number of nitrogen functional groups attached to an aromatic ring is 1. The van der Waals surface area contributed by atoms with Crippen LogP contribution >= 0.6 is 23.1 Å². The van der Waals surface area contributed by atoms with Crippen molar-refractivity contribution in [3.05, 3.63) is 16.1 Å². The van der Waals surface area contributed by atoms with Crippen LogP contribution in [0, 0.1) is 0 Å². The maximum Gasteiger partial charge on any atom is 0.294 e. The van der Waals surface area contributed by atoms with Crippen LogP contribution in [0.2, 0.25) is 0 Å². The van der Waals surface area contributed by atoms with Gasteiger partial charge in [-0.05, 0) is 12.8 Å². The number of thioether (sulfide) groups is 1. The maximum absolute atomic E-state index is 11.2. The molecule has 0 atom stereocenters. The largest absolute Gasteiger partial charge is 0.294 e. The van der Waals surface area contributed by atoms with Gasteiger partial charge in [0.25, 0.3) is 5.91 Å². The zero-order valence-corrected chi connectivity index (χ0v) is 10.6. The lowest BCUT2D eigenvalue weighted by Crippen LogP contribution is -2.29. The van der Waals surface area contributed by atoms with Crippen LogP contribution < -0.4 is 11.3 Å². The number of hydrazine groups is 1. The van der Waals surface area contributed by atoms with Crippen molar-refractivity contribution in [2.24, 2.45) is 5.84 Å². The van der Waals surface area contributed by atoms with Gasteiger partial charge in [0.05, 0.1) is 5.69 Å². The average Bonchev–Trinajstić information content (AvgIpc) is 2.96. The highest BCUT2D eigenvalue weighted by molar-refractivity contribution is 7.99. The molecule has 3 N–H and O–H groups in total. The summed E-state index contributed by atoms with van der Waals surface area (Å²) in [6, 6.07) is 0. The summed E-state index contributed by atoms with van der Waals surface area (Å²) < 4.78 is 0.